The van der Waals surface area contributed by atoms with Crippen LogP contribution in [0.25, 0.3) is 11.0 Å². The lowest BCUT2D eigenvalue weighted by Gasteiger charge is -1.94. The third kappa shape index (κ3) is 0.986. The van der Waals surface area contributed by atoms with Crippen molar-refractivity contribution in [1.82, 2.24) is 19.9 Å². The number of anilines is 1. The monoisotopic (exact) mass is 178 g/mol. The number of hydrogen-bond donors (Lipinski definition) is 2. The lowest BCUT2D eigenvalue weighted by Crippen LogP contribution is -2.10. The molecule has 0 fully saturated rings. The van der Waals surface area contributed by atoms with E-state index in [4.69, 9.17) is 11.6 Å². The summed E-state index contributed by atoms with van der Waals surface area (Å²) in [4.78, 5) is 9.11. The van der Waals surface area contributed by atoms with E-state index < -0.39 is 0 Å². The van der Waals surface area contributed by atoms with Gasteiger partial charge in [0.2, 0.25) is 0 Å². The lowest BCUT2D eigenvalue weighted by molar-refractivity contribution is 0.815. The standard InChI is InChI=1S/C7H10N6/c1-2-4-5-6(8)10-3-11-7(5)13(9)12-4/h3H,2,9H2,1H3,(H2,8,10,11). The van der Waals surface area contributed by atoms with E-state index in [0.717, 1.165) is 17.5 Å². The number of rotatable bonds is 1. The van der Waals surface area contributed by atoms with Gasteiger partial charge < -0.3 is 11.6 Å². The summed E-state index contributed by atoms with van der Waals surface area (Å²) in [7, 11) is 0. The second-order valence-corrected chi connectivity index (χ2v) is 2.70. The van der Waals surface area contributed by atoms with Gasteiger partial charge in [-0.2, -0.15) is 9.89 Å². The average Bonchev–Trinajstić information content (AvgIpc) is 2.45. The van der Waals surface area contributed by atoms with Crippen LogP contribution in [0.4, 0.5) is 5.82 Å². The minimum atomic E-state index is 0.429. The van der Waals surface area contributed by atoms with Crippen LogP contribution in [0.2, 0.25) is 0 Å². The molecule has 0 aromatic carbocycles. The largest absolute Gasteiger partial charge is 0.383 e. The van der Waals surface area contributed by atoms with Crippen molar-refractivity contribution in [3.05, 3.63) is 12.0 Å². The fourth-order valence-electron chi connectivity index (χ4n) is 1.31. The molecule has 6 heteroatoms. The molecule has 0 radical (unpaired) electrons. The van der Waals surface area contributed by atoms with E-state index in [1.807, 2.05) is 6.92 Å². The van der Waals surface area contributed by atoms with E-state index in [1.165, 1.54) is 11.1 Å². The maximum atomic E-state index is 5.69. The zero-order chi connectivity index (χ0) is 9.42. The van der Waals surface area contributed by atoms with Crippen LogP contribution in [0.15, 0.2) is 6.33 Å². The van der Waals surface area contributed by atoms with Crippen molar-refractivity contribution in [2.75, 3.05) is 11.6 Å². The van der Waals surface area contributed by atoms with Crippen molar-refractivity contribution >= 4 is 16.9 Å². The lowest BCUT2D eigenvalue weighted by atomic mass is 10.2. The highest BCUT2D eigenvalue weighted by molar-refractivity contribution is 5.88. The second kappa shape index (κ2) is 2.58. The van der Waals surface area contributed by atoms with Crippen molar-refractivity contribution in [1.29, 1.82) is 0 Å². The van der Waals surface area contributed by atoms with Gasteiger partial charge in [0.15, 0.2) is 5.65 Å². The van der Waals surface area contributed by atoms with Crippen molar-refractivity contribution in [3.63, 3.8) is 0 Å². The van der Waals surface area contributed by atoms with Crippen molar-refractivity contribution in [3.8, 4) is 0 Å². The minimum Gasteiger partial charge on any atom is -0.383 e. The van der Waals surface area contributed by atoms with Gasteiger partial charge in [-0.25, -0.2) is 9.97 Å². The number of aromatic nitrogens is 4. The van der Waals surface area contributed by atoms with Crippen LogP contribution in [0.3, 0.4) is 0 Å². The Labute approximate surface area is 74.5 Å². The molecule has 0 atom stereocenters. The minimum absolute atomic E-state index is 0.429. The highest BCUT2D eigenvalue weighted by Crippen LogP contribution is 2.19. The van der Waals surface area contributed by atoms with Gasteiger partial charge in [-0.1, -0.05) is 6.92 Å². The molecule has 6 nitrogen and oxygen atoms in total. The molecule has 0 aliphatic heterocycles. The van der Waals surface area contributed by atoms with E-state index in [0.29, 0.717) is 11.5 Å². The zero-order valence-electron chi connectivity index (χ0n) is 7.23. The maximum absolute atomic E-state index is 5.69. The van der Waals surface area contributed by atoms with Gasteiger partial charge >= 0.3 is 0 Å². The number of hydrogen-bond acceptors (Lipinski definition) is 5. The Morgan fingerprint density at radius 2 is 2.23 bits per heavy atom. The van der Waals surface area contributed by atoms with Crippen molar-refractivity contribution in [2.24, 2.45) is 0 Å². The molecule has 0 spiro atoms. The smallest absolute Gasteiger partial charge is 0.185 e. The molecule has 0 amide bonds. The van der Waals surface area contributed by atoms with E-state index in [-0.39, 0.29) is 0 Å². The molecule has 13 heavy (non-hydrogen) atoms. The second-order valence-electron chi connectivity index (χ2n) is 2.70. The molecule has 4 N–H and O–H groups in total. The van der Waals surface area contributed by atoms with Crippen LogP contribution >= 0.6 is 0 Å². The molecule has 0 saturated heterocycles. The zero-order valence-corrected chi connectivity index (χ0v) is 7.23. The van der Waals surface area contributed by atoms with Crippen LogP contribution in [0.1, 0.15) is 12.6 Å². The first-order valence-electron chi connectivity index (χ1n) is 3.97. The topological polar surface area (TPSA) is 95.6 Å². The summed E-state index contributed by atoms with van der Waals surface area (Å²) >= 11 is 0. The van der Waals surface area contributed by atoms with Gasteiger partial charge in [0.1, 0.15) is 12.1 Å². The molecule has 0 unspecified atom stereocenters. The first kappa shape index (κ1) is 7.78. The van der Waals surface area contributed by atoms with E-state index in [2.05, 4.69) is 15.1 Å². The van der Waals surface area contributed by atoms with Crippen LogP contribution in [-0.4, -0.2) is 19.9 Å². The molecule has 2 aromatic heterocycles. The Balaban J connectivity index is 2.89. The van der Waals surface area contributed by atoms with Crippen LogP contribution in [0, 0.1) is 0 Å². The highest BCUT2D eigenvalue weighted by atomic mass is 15.5. The van der Waals surface area contributed by atoms with Crippen LogP contribution in [0.5, 0.6) is 0 Å². The highest BCUT2D eigenvalue weighted by Gasteiger charge is 2.11. The summed E-state index contributed by atoms with van der Waals surface area (Å²) in [5.41, 5.74) is 7.09. The Morgan fingerprint density at radius 1 is 1.46 bits per heavy atom. The Hall–Kier alpha value is -1.85. The average molecular weight is 178 g/mol. The Bertz CT molecular complexity index is 445. The third-order valence-electron chi connectivity index (χ3n) is 1.93. The summed E-state index contributed by atoms with van der Waals surface area (Å²) in [6, 6.07) is 0. The van der Waals surface area contributed by atoms with Gasteiger partial charge in [-0.05, 0) is 6.42 Å². The molecule has 2 aromatic rings. The van der Waals surface area contributed by atoms with Gasteiger partial charge in [0.05, 0.1) is 11.1 Å². The van der Waals surface area contributed by atoms with Gasteiger partial charge in [0.25, 0.3) is 0 Å². The third-order valence-corrected chi connectivity index (χ3v) is 1.93. The SMILES string of the molecule is CCc1nn(N)c2ncnc(N)c12. The Morgan fingerprint density at radius 3 is 2.92 bits per heavy atom. The molecule has 2 heterocycles. The number of nitrogen functional groups attached to an aromatic ring is 2. The molecule has 2 rings (SSSR count). The fourth-order valence-corrected chi connectivity index (χ4v) is 1.31. The summed E-state index contributed by atoms with van der Waals surface area (Å²) in [5.74, 6) is 6.01. The molecule has 0 aliphatic carbocycles. The predicted octanol–water partition coefficient (Wildman–Crippen LogP) is -0.315. The van der Waals surface area contributed by atoms with Crippen LogP contribution < -0.4 is 11.6 Å². The van der Waals surface area contributed by atoms with E-state index in [9.17, 15) is 0 Å². The van der Waals surface area contributed by atoms with Gasteiger partial charge in [0, 0.05) is 0 Å². The number of nitrogens with zero attached hydrogens (tertiary/aromatic N) is 4. The summed E-state index contributed by atoms with van der Waals surface area (Å²) in [5, 5.41) is 4.84. The number of fused-ring (bicyclic) bond motifs is 1. The van der Waals surface area contributed by atoms with E-state index >= 15 is 0 Å². The normalized spacial score (nSPS) is 10.8. The van der Waals surface area contributed by atoms with E-state index in [1.54, 1.807) is 0 Å². The molecular weight excluding hydrogens is 168 g/mol. The molecule has 0 bridgehead atoms. The first-order valence-corrected chi connectivity index (χ1v) is 3.97. The summed E-state index contributed by atoms with van der Waals surface area (Å²) in [6.07, 6.45) is 2.14. The number of nitrogens with two attached hydrogens (primary N) is 2. The molecular formula is C7H10N6. The first-order chi connectivity index (χ1) is 6.24. The van der Waals surface area contributed by atoms with Gasteiger partial charge in [-0.15, -0.1) is 0 Å². The van der Waals surface area contributed by atoms with Crippen molar-refractivity contribution < 1.29 is 0 Å². The summed E-state index contributed by atoms with van der Waals surface area (Å²) < 4.78 is 0. The maximum Gasteiger partial charge on any atom is 0.185 e. The van der Waals surface area contributed by atoms with Gasteiger partial charge in [-0.3, -0.25) is 0 Å². The predicted molar refractivity (Wildman–Crippen MR) is 49.3 cm³/mol. The molecule has 68 valence electrons. The van der Waals surface area contributed by atoms with Crippen LogP contribution in [-0.2, 0) is 6.42 Å². The quantitative estimate of drug-likeness (QED) is 0.584. The fraction of sp³-hybridized carbons (Fsp3) is 0.286. The van der Waals surface area contributed by atoms with Crippen molar-refractivity contribution in [2.45, 2.75) is 13.3 Å². The Kier molecular flexibility index (Phi) is 1.54. The summed E-state index contributed by atoms with van der Waals surface area (Å²) in [6.45, 7) is 1.98. The molecule has 0 aliphatic rings. The number of aryl methyl sites for hydroxylation is 1. The molecule has 0 saturated carbocycles.